The van der Waals surface area contributed by atoms with Crippen LogP contribution in [0.15, 0.2) is 90.0 Å². The Morgan fingerprint density at radius 1 is 0.947 bits per heavy atom. The number of carbonyl (C=O) groups excluding carboxylic acids is 2. The number of nitrogens with two attached hydrogens (primary N) is 2. The molecule has 11 nitrogen and oxygen atoms in total. The Bertz CT molecular complexity index is 1230. The summed E-state index contributed by atoms with van der Waals surface area (Å²) >= 11 is 0. The Kier molecular flexibility index (Phi) is 9.75. The number of nitrogens with one attached hydrogen (secondary N) is 1. The average Bonchev–Trinajstić information content (AvgIpc) is 2.89. The molecule has 3 aromatic carbocycles. The number of aromatic hydroxyl groups is 1. The molecule has 0 aliphatic rings. The number of phenolic OH excluding ortho intramolecular Hbond substituents is 1. The van der Waals surface area contributed by atoms with Crippen LogP contribution in [-0.4, -0.2) is 45.4 Å². The minimum absolute atomic E-state index is 0.0186. The SMILES string of the molecule is NC(=O)[C@@H](CCCNC(N)=N[N+](=O)[O-])N(Cc1ccccc1O)C(=O)C(c1ccccc1)c1ccccc1. The van der Waals surface area contributed by atoms with Crippen molar-refractivity contribution in [1.29, 1.82) is 0 Å². The molecule has 0 saturated heterocycles. The van der Waals surface area contributed by atoms with E-state index in [4.69, 9.17) is 11.5 Å². The van der Waals surface area contributed by atoms with Crippen LogP contribution >= 0.6 is 0 Å². The summed E-state index contributed by atoms with van der Waals surface area (Å²) in [5.74, 6) is -2.21. The Hall–Kier alpha value is -4.93. The highest BCUT2D eigenvalue weighted by molar-refractivity contribution is 5.92. The molecule has 11 heteroatoms. The Balaban J connectivity index is 1.96. The molecule has 6 N–H and O–H groups in total. The smallest absolute Gasteiger partial charge is 0.266 e. The summed E-state index contributed by atoms with van der Waals surface area (Å²) < 4.78 is 0. The zero-order valence-electron chi connectivity index (χ0n) is 20.6. The summed E-state index contributed by atoms with van der Waals surface area (Å²) in [5, 5.41) is 25.6. The average molecular weight is 519 g/mol. The van der Waals surface area contributed by atoms with Gasteiger partial charge in [0.15, 0.2) is 5.03 Å². The monoisotopic (exact) mass is 518 g/mol. The van der Waals surface area contributed by atoms with E-state index < -0.39 is 22.9 Å². The molecule has 3 aromatic rings. The van der Waals surface area contributed by atoms with Crippen molar-refractivity contribution in [3.05, 3.63) is 112 Å². The Labute approximate surface area is 219 Å². The fourth-order valence-corrected chi connectivity index (χ4v) is 4.19. The third kappa shape index (κ3) is 7.53. The summed E-state index contributed by atoms with van der Waals surface area (Å²) in [5.41, 5.74) is 13.2. The van der Waals surface area contributed by atoms with E-state index in [1.54, 1.807) is 18.2 Å². The maximum Gasteiger partial charge on any atom is 0.266 e. The van der Waals surface area contributed by atoms with Crippen molar-refractivity contribution in [2.24, 2.45) is 16.6 Å². The van der Waals surface area contributed by atoms with Gasteiger partial charge in [0.05, 0.1) is 12.5 Å². The van der Waals surface area contributed by atoms with Gasteiger partial charge in [-0.2, -0.15) is 0 Å². The molecule has 0 unspecified atom stereocenters. The van der Waals surface area contributed by atoms with E-state index in [1.165, 1.54) is 11.0 Å². The summed E-state index contributed by atoms with van der Waals surface area (Å²) in [6.07, 6.45) is 0.442. The second kappa shape index (κ2) is 13.4. The van der Waals surface area contributed by atoms with Crippen molar-refractivity contribution >= 4 is 17.8 Å². The molecule has 0 bridgehead atoms. The molecule has 0 saturated carbocycles. The van der Waals surface area contributed by atoms with Crippen LogP contribution in [0.3, 0.4) is 0 Å². The summed E-state index contributed by atoms with van der Waals surface area (Å²) in [6, 6.07) is 23.9. The number of phenols is 1. The fraction of sp³-hybridized carbons (Fsp3) is 0.222. The molecule has 198 valence electrons. The molecule has 0 aliphatic heterocycles. The lowest BCUT2D eigenvalue weighted by molar-refractivity contribution is -0.485. The van der Waals surface area contributed by atoms with Crippen molar-refractivity contribution in [3.63, 3.8) is 0 Å². The second-order valence-corrected chi connectivity index (χ2v) is 8.56. The van der Waals surface area contributed by atoms with Crippen LogP contribution in [0.1, 0.15) is 35.4 Å². The van der Waals surface area contributed by atoms with Gasteiger partial charge in [0, 0.05) is 12.1 Å². The highest BCUT2D eigenvalue weighted by Gasteiger charge is 2.34. The van der Waals surface area contributed by atoms with Crippen LogP contribution < -0.4 is 16.8 Å². The minimum Gasteiger partial charge on any atom is -0.508 e. The standard InChI is InChI=1S/C27H30N6O5/c28-25(35)22(15-9-17-30-27(29)31-33(37)38)32(18-21-14-7-8-16-23(21)34)26(36)24(19-10-3-1-4-11-19)20-12-5-2-6-13-20/h1-8,10-14,16,22,24,34H,9,15,17-18H2,(H2,28,35)(H3,29,30,31)/t22-/m1/s1. The molecule has 0 aromatic heterocycles. The number of primary amides is 1. The van der Waals surface area contributed by atoms with E-state index in [2.05, 4.69) is 10.4 Å². The molecule has 0 spiro atoms. The molecular formula is C27H30N6O5. The first kappa shape index (κ1) is 27.7. The quantitative estimate of drug-likeness (QED) is 0.0934. The van der Waals surface area contributed by atoms with Crippen LogP contribution in [-0.2, 0) is 16.1 Å². The second-order valence-electron chi connectivity index (χ2n) is 8.56. The van der Waals surface area contributed by atoms with E-state index >= 15 is 0 Å². The highest BCUT2D eigenvalue weighted by Crippen LogP contribution is 2.30. The molecule has 0 aliphatic carbocycles. The number of amides is 2. The van der Waals surface area contributed by atoms with E-state index in [9.17, 15) is 24.8 Å². The lowest BCUT2D eigenvalue weighted by Crippen LogP contribution is -2.49. The van der Waals surface area contributed by atoms with Gasteiger partial charge in [0.25, 0.3) is 5.96 Å². The topological polar surface area (TPSA) is 177 Å². The maximum atomic E-state index is 14.3. The Morgan fingerprint density at radius 2 is 1.50 bits per heavy atom. The van der Waals surface area contributed by atoms with Crippen LogP contribution in [0, 0.1) is 10.1 Å². The first-order valence-electron chi connectivity index (χ1n) is 12.0. The number of guanidine groups is 1. The lowest BCUT2D eigenvalue weighted by atomic mass is 9.89. The van der Waals surface area contributed by atoms with Gasteiger partial charge in [0.2, 0.25) is 11.8 Å². The third-order valence-electron chi connectivity index (χ3n) is 5.98. The Morgan fingerprint density at radius 3 is 2.03 bits per heavy atom. The highest BCUT2D eigenvalue weighted by atomic mass is 16.7. The largest absolute Gasteiger partial charge is 0.508 e. The predicted octanol–water partition coefficient (Wildman–Crippen LogP) is 2.28. The van der Waals surface area contributed by atoms with Crippen molar-refractivity contribution < 1.29 is 19.7 Å². The summed E-state index contributed by atoms with van der Waals surface area (Å²) in [4.78, 5) is 38.8. The number of carbonyl (C=O) groups is 2. The number of nitrogens with zero attached hydrogens (tertiary/aromatic N) is 3. The van der Waals surface area contributed by atoms with Crippen molar-refractivity contribution in [1.82, 2.24) is 10.2 Å². The van der Waals surface area contributed by atoms with Crippen LogP contribution in [0.2, 0.25) is 0 Å². The van der Waals surface area contributed by atoms with Crippen LogP contribution in [0.4, 0.5) is 0 Å². The number of hydrazone groups is 1. The van der Waals surface area contributed by atoms with Gasteiger partial charge in [-0.1, -0.05) is 78.9 Å². The molecule has 2 amide bonds. The normalized spacial score (nSPS) is 12.1. The lowest BCUT2D eigenvalue weighted by Gasteiger charge is -2.33. The zero-order valence-corrected chi connectivity index (χ0v) is 20.6. The van der Waals surface area contributed by atoms with Gasteiger partial charge in [0.1, 0.15) is 16.9 Å². The maximum absolute atomic E-state index is 14.3. The van der Waals surface area contributed by atoms with Crippen molar-refractivity contribution in [2.75, 3.05) is 6.54 Å². The van der Waals surface area contributed by atoms with Gasteiger partial charge >= 0.3 is 0 Å². The number of nitro groups is 1. The third-order valence-corrected chi connectivity index (χ3v) is 5.98. The van der Waals surface area contributed by atoms with Gasteiger partial charge in [-0.05, 0) is 30.0 Å². The number of hydrogen-bond donors (Lipinski definition) is 4. The molecular weight excluding hydrogens is 488 g/mol. The van der Waals surface area contributed by atoms with Gasteiger partial charge in [-0.3, -0.25) is 9.59 Å². The summed E-state index contributed by atoms with van der Waals surface area (Å²) in [6.45, 7) is 0.0972. The molecule has 1 atom stereocenters. The number of para-hydroxylation sites is 1. The number of rotatable bonds is 12. The van der Waals surface area contributed by atoms with Crippen molar-refractivity contribution in [2.45, 2.75) is 31.3 Å². The minimum atomic E-state index is -1.03. The van der Waals surface area contributed by atoms with Gasteiger partial charge in [-0.25, -0.2) is 10.1 Å². The fourth-order valence-electron chi connectivity index (χ4n) is 4.19. The van der Waals surface area contributed by atoms with E-state index in [0.29, 0.717) is 12.0 Å². The van der Waals surface area contributed by atoms with E-state index in [-0.39, 0.29) is 37.1 Å². The molecule has 3 rings (SSSR count). The number of hydrogen-bond acceptors (Lipinski definition) is 5. The zero-order chi connectivity index (χ0) is 27.5. The van der Waals surface area contributed by atoms with Crippen molar-refractivity contribution in [3.8, 4) is 5.75 Å². The molecule has 0 fully saturated rings. The molecule has 38 heavy (non-hydrogen) atoms. The van der Waals surface area contributed by atoms with Crippen LogP contribution in [0.25, 0.3) is 0 Å². The summed E-state index contributed by atoms with van der Waals surface area (Å²) in [7, 11) is 0. The van der Waals surface area contributed by atoms with Gasteiger partial charge in [-0.15, -0.1) is 0 Å². The van der Waals surface area contributed by atoms with E-state index in [1.807, 2.05) is 60.7 Å². The number of benzene rings is 3. The first-order chi connectivity index (χ1) is 18.3. The first-order valence-corrected chi connectivity index (χ1v) is 12.0. The molecule has 0 radical (unpaired) electrons. The van der Waals surface area contributed by atoms with Crippen LogP contribution in [0.5, 0.6) is 5.75 Å². The van der Waals surface area contributed by atoms with E-state index in [0.717, 1.165) is 11.1 Å². The van der Waals surface area contributed by atoms with Gasteiger partial charge < -0.3 is 26.8 Å². The predicted molar refractivity (Wildman–Crippen MR) is 142 cm³/mol. The molecule has 0 heterocycles.